The van der Waals surface area contributed by atoms with Gasteiger partial charge < -0.3 is 5.11 Å². The average molecular weight is 362 g/mol. The van der Waals surface area contributed by atoms with Crippen molar-refractivity contribution in [3.63, 3.8) is 0 Å². The van der Waals surface area contributed by atoms with Gasteiger partial charge in [0.1, 0.15) is 0 Å². The first-order valence-corrected chi connectivity index (χ1v) is 8.52. The van der Waals surface area contributed by atoms with E-state index in [0.29, 0.717) is 17.4 Å². The molecule has 5 nitrogen and oxygen atoms in total. The van der Waals surface area contributed by atoms with Crippen LogP contribution in [0.4, 0.5) is 0 Å². The molecule has 110 valence electrons. The van der Waals surface area contributed by atoms with E-state index < -0.39 is 21.9 Å². The second-order valence-electron chi connectivity index (χ2n) is 5.16. The number of carbonyl (C=O) groups is 1. The number of nitrogens with zero attached hydrogens (tertiary/aromatic N) is 1. The highest BCUT2D eigenvalue weighted by Gasteiger charge is 2.36. The molecule has 0 radical (unpaired) electrons. The number of carboxylic acids is 1. The molecular formula is C13H16BrNO4S. The molecule has 0 aromatic heterocycles. The highest BCUT2D eigenvalue weighted by atomic mass is 79.9. The monoisotopic (exact) mass is 361 g/mol. The summed E-state index contributed by atoms with van der Waals surface area (Å²) < 4.78 is 27.1. The number of hydrogen-bond donors (Lipinski definition) is 1. The first-order chi connectivity index (χ1) is 9.30. The molecule has 0 saturated carbocycles. The van der Waals surface area contributed by atoms with Crippen LogP contribution in [0.25, 0.3) is 0 Å². The van der Waals surface area contributed by atoms with Gasteiger partial charge in [-0.25, -0.2) is 8.42 Å². The van der Waals surface area contributed by atoms with Crippen LogP contribution in [-0.4, -0.2) is 36.9 Å². The van der Waals surface area contributed by atoms with Crippen LogP contribution in [0.3, 0.4) is 0 Å². The molecule has 7 heteroatoms. The van der Waals surface area contributed by atoms with Gasteiger partial charge in [-0.1, -0.05) is 28.9 Å². The largest absolute Gasteiger partial charge is 0.481 e. The first kappa shape index (κ1) is 15.5. The van der Waals surface area contributed by atoms with Crippen molar-refractivity contribution < 1.29 is 18.3 Å². The van der Waals surface area contributed by atoms with Crippen molar-refractivity contribution in [2.24, 2.45) is 11.8 Å². The second-order valence-corrected chi connectivity index (χ2v) is 8.01. The van der Waals surface area contributed by atoms with Gasteiger partial charge in [0.05, 0.1) is 10.8 Å². The number of aliphatic carboxylic acids is 1. The number of benzene rings is 1. The number of piperidine rings is 1. The molecule has 2 rings (SSSR count). The summed E-state index contributed by atoms with van der Waals surface area (Å²) in [6, 6.07) is 6.45. The Morgan fingerprint density at radius 2 is 2.10 bits per heavy atom. The standard InChI is InChI=1S/C13H16BrNO4S/c1-9-5-10(13(16)17)8-15(7-9)20(18,19)12-4-2-3-11(14)6-12/h2-4,6,9-10H,5,7-8H2,1H3,(H,16,17). The molecule has 0 spiro atoms. The Morgan fingerprint density at radius 1 is 1.40 bits per heavy atom. The minimum absolute atomic E-state index is 0.0341. The van der Waals surface area contributed by atoms with Crippen LogP contribution in [0.5, 0.6) is 0 Å². The summed E-state index contributed by atoms with van der Waals surface area (Å²) in [5, 5.41) is 9.13. The summed E-state index contributed by atoms with van der Waals surface area (Å²) in [6.45, 7) is 2.27. The highest BCUT2D eigenvalue weighted by Crippen LogP contribution is 2.28. The molecule has 1 aromatic rings. The predicted octanol–water partition coefficient (Wildman–Crippen LogP) is 2.18. The van der Waals surface area contributed by atoms with E-state index in [4.69, 9.17) is 5.11 Å². The van der Waals surface area contributed by atoms with Gasteiger partial charge in [0, 0.05) is 17.6 Å². The van der Waals surface area contributed by atoms with Crippen molar-refractivity contribution in [1.82, 2.24) is 4.31 Å². The number of sulfonamides is 1. The Balaban J connectivity index is 2.31. The number of rotatable bonds is 3. The van der Waals surface area contributed by atoms with Crippen molar-refractivity contribution >= 4 is 31.9 Å². The van der Waals surface area contributed by atoms with Crippen LogP contribution in [0.1, 0.15) is 13.3 Å². The lowest BCUT2D eigenvalue weighted by molar-refractivity contribution is -0.143. The summed E-state index contributed by atoms with van der Waals surface area (Å²) in [6.07, 6.45) is 0.514. The predicted molar refractivity (Wildman–Crippen MR) is 77.8 cm³/mol. The zero-order valence-corrected chi connectivity index (χ0v) is 13.4. The van der Waals surface area contributed by atoms with Crippen LogP contribution < -0.4 is 0 Å². The topological polar surface area (TPSA) is 74.7 Å². The van der Waals surface area contributed by atoms with Gasteiger partial charge in [-0.2, -0.15) is 4.31 Å². The van der Waals surface area contributed by atoms with E-state index in [9.17, 15) is 13.2 Å². The molecule has 1 aliphatic heterocycles. The highest BCUT2D eigenvalue weighted by molar-refractivity contribution is 9.10. The normalized spacial score (nSPS) is 24.5. The van der Waals surface area contributed by atoms with E-state index in [1.807, 2.05) is 6.92 Å². The Labute approximate surface area is 126 Å². The second kappa shape index (κ2) is 5.83. The maximum Gasteiger partial charge on any atom is 0.307 e. The van der Waals surface area contributed by atoms with Crippen molar-refractivity contribution in [2.75, 3.05) is 13.1 Å². The molecule has 20 heavy (non-hydrogen) atoms. The minimum atomic E-state index is -3.64. The van der Waals surface area contributed by atoms with Crippen LogP contribution in [0.15, 0.2) is 33.6 Å². The third kappa shape index (κ3) is 3.21. The van der Waals surface area contributed by atoms with Gasteiger partial charge in [-0.15, -0.1) is 0 Å². The molecule has 1 saturated heterocycles. The maximum absolute atomic E-state index is 12.6. The maximum atomic E-state index is 12.6. The van der Waals surface area contributed by atoms with Crippen molar-refractivity contribution in [1.29, 1.82) is 0 Å². The summed E-state index contributed by atoms with van der Waals surface area (Å²) in [4.78, 5) is 11.3. The van der Waals surface area contributed by atoms with Crippen molar-refractivity contribution in [3.05, 3.63) is 28.7 Å². The molecule has 2 unspecified atom stereocenters. The van der Waals surface area contributed by atoms with Gasteiger partial charge in [-0.05, 0) is 30.5 Å². The lowest BCUT2D eigenvalue weighted by atomic mass is 9.92. The van der Waals surface area contributed by atoms with E-state index in [0.717, 1.165) is 0 Å². The molecular weight excluding hydrogens is 346 g/mol. The van der Waals surface area contributed by atoms with Crippen LogP contribution in [-0.2, 0) is 14.8 Å². The first-order valence-electron chi connectivity index (χ1n) is 6.29. The molecule has 0 amide bonds. The number of halogens is 1. The van der Waals surface area contributed by atoms with E-state index in [1.54, 1.807) is 12.1 Å². The van der Waals surface area contributed by atoms with E-state index in [1.165, 1.54) is 16.4 Å². The number of carboxylic acid groups (broad SMARTS) is 1. The van der Waals surface area contributed by atoms with Gasteiger partial charge in [0.15, 0.2) is 0 Å². The Morgan fingerprint density at radius 3 is 2.70 bits per heavy atom. The minimum Gasteiger partial charge on any atom is -0.481 e. The van der Waals surface area contributed by atoms with Gasteiger partial charge in [0.25, 0.3) is 0 Å². The lowest BCUT2D eigenvalue weighted by Gasteiger charge is -2.33. The molecule has 1 fully saturated rings. The smallest absolute Gasteiger partial charge is 0.307 e. The SMILES string of the molecule is CC1CC(C(=O)O)CN(S(=O)(=O)c2cccc(Br)c2)C1. The molecule has 1 aliphatic rings. The fourth-order valence-corrected chi connectivity index (χ4v) is 4.66. The third-order valence-electron chi connectivity index (χ3n) is 3.41. The zero-order valence-electron chi connectivity index (χ0n) is 11.0. The van der Waals surface area contributed by atoms with Crippen LogP contribution in [0, 0.1) is 11.8 Å². The zero-order chi connectivity index (χ0) is 14.9. The fraction of sp³-hybridized carbons (Fsp3) is 0.462. The summed E-state index contributed by atoms with van der Waals surface area (Å²) in [5.41, 5.74) is 0. The summed E-state index contributed by atoms with van der Waals surface area (Å²) >= 11 is 3.25. The summed E-state index contributed by atoms with van der Waals surface area (Å²) in [5.74, 6) is -1.54. The van der Waals surface area contributed by atoms with Crippen LogP contribution in [0.2, 0.25) is 0 Å². The third-order valence-corrected chi connectivity index (χ3v) is 5.73. The Kier molecular flexibility index (Phi) is 4.51. The van der Waals surface area contributed by atoms with E-state index in [-0.39, 0.29) is 17.4 Å². The van der Waals surface area contributed by atoms with Crippen molar-refractivity contribution in [3.8, 4) is 0 Å². The lowest BCUT2D eigenvalue weighted by Crippen LogP contribution is -2.45. The molecule has 0 aliphatic carbocycles. The van der Waals surface area contributed by atoms with E-state index in [2.05, 4.69) is 15.9 Å². The van der Waals surface area contributed by atoms with Gasteiger partial charge in [-0.3, -0.25) is 4.79 Å². The van der Waals surface area contributed by atoms with Crippen LogP contribution >= 0.6 is 15.9 Å². The van der Waals surface area contributed by atoms with Gasteiger partial charge in [0.2, 0.25) is 10.0 Å². The molecule has 1 N–H and O–H groups in total. The Bertz CT molecular complexity index is 617. The fourth-order valence-electron chi connectivity index (χ4n) is 2.45. The average Bonchev–Trinajstić information content (AvgIpc) is 2.38. The van der Waals surface area contributed by atoms with E-state index >= 15 is 0 Å². The van der Waals surface area contributed by atoms with Crippen molar-refractivity contribution in [2.45, 2.75) is 18.2 Å². The molecule has 1 aromatic carbocycles. The quantitative estimate of drug-likeness (QED) is 0.895. The van der Waals surface area contributed by atoms with Gasteiger partial charge >= 0.3 is 5.97 Å². The molecule has 1 heterocycles. The Hall–Kier alpha value is -0.920. The summed E-state index contributed by atoms with van der Waals surface area (Å²) in [7, 11) is -3.64. The molecule has 0 bridgehead atoms. The molecule has 2 atom stereocenters. The number of hydrogen-bond acceptors (Lipinski definition) is 3.